The minimum absolute atomic E-state index is 0.00934. The quantitative estimate of drug-likeness (QED) is 0.313. The van der Waals surface area contributed by atoms with Gasteiger partial charge < -0.3 is 4.57 Å². The Morgan fingerprint density at radius 2 is 1.67 bits per heavy atom. The molecule has 0 unspecified atom stereocenters. The number of hydrazine groups is 1. The van der Waals surface area contributed by atoms with Crippen LogP contribution in [0.4, 0.5) is 11.4 Å². The number of non-ortho nitro benzene ring substituents is 1. The van der Waals surface area contributed by atoms with Crippen LogP contribution in [-0.2, 0) is 9.59 Å². The normalized spacial score (nSPS) is 15.0. The van der Waals surface area contributed by atoms with Gasteiger partial charge in [0.25, 0.3) is 17.5 Å². The van der Waals surface area contributed by atoms with Crippen LogP contribution >= 0.6 is 0 Å². The summed E-state index contributed by atoms with van der Waals surface area (Å²) < 4.78 is 1.75. The zero-order valence-corrected chi connectivity index (χ0v) is 16.3. The second-order valence-electron chi connectivity index (χ2n) is 6.98. The third-order valence-electron chi connectivity index (χ3n) is 5.05. The van der Waals surface area contributed by atoms with E-state index in [-0.39, 0.29) is 11.3 Å². The predicted molar refractivity (Wildman–Crippen MR) is 112 cm³/mol. The zero-order valence-electron chi connectivity index (χ0n) is 16.3. The maximum absolute atomic E-state index is 12.9. The van der Waals surface area contributed by atoms with Crippen molar-refractivity contribution in [3.8, 4) is 5.69 Å². The lowest BCUT2D eigenvalue weighted by molar-refractivity contribution is -0.384. The molecule has 1 fully saturated rings. The molecule has 3 aromatic rings. The molecule has 1 aliphatic heterocycles. The number of nitrogens with one attached hydrogen (secondary N) is 1. The number of benzene rings is 2. The van der Waals surface area contributed by atoms with Gasteiger partial charge in [-0.25, -0.2) is 5.01 Å². The van der Waals surface area contributed by atoms with E-state index in [1.54, 1.807) is 41.1 Å². The van der Waals surface area contributed by atoms with Crippen molar-refractivity contribution in [3.63, 3.8) is 0 Å². The van der Waals surface area contributed by atoms with Crippen LogP contribution < -0.4 is 10.4 Å². The summed E-state index contributed by atoms with van der Waals surface area (Å²) in [5, 5.41) is 12.1. The molecule has 30 heavy (non-hydrogen) atoms. The average molecular weight is 402 g/mol. The number of nitrogens with zero attached hydrogens (tertiary/aromatic N) is 3. The van der Waals surface area contributed by atoms with Gasteiger partial charge in [0.15, 0.2) is 0 Å². The van der Waals surface area contributed by atoms with Crippen molar-refractivity contribution < 1.29 is 14.5 Å². The van der Waals surface area contributed by atoms with Crippen molar-refractivity contribution in [2.75, 3.05) is 5.01 Å². The lowest BCUT2D eigenvalue weighted by Crippen LogP contribution is -2.35. The number of amides is 2. The summed E-state index contributed by atoms with van der Waals surface area (Å²) in [7, 11) is 0. The number of nitro groups is 1. The molecular weight excluding hydrogens is 384 g/mol. The first-order valence-corrected chi connectivity index (χ1v) is 9.22. The average Bonchev–Trinajstić information content (AvgIpc) is 3.30. The molecule has 1 aromatic heterocycles. The molecule has 1 saturated heterocycles. The van der Waals surface area contributed by atoms with Gasteiger partial charge in [-0.2, -0.15) is 0 Å². The van der Waals surface area contributed by atoms with Crippen LogP contribution in [0.1, 0.15) is 16.8 Å². The van der Waals surface area contributed by atoms with Gasteiger partial charge in [-0.15, -0.1) is 0 Å². The summed E-state index contributed by atoms with van der Waals surface area (Å²) in [5.41, 5.74) is 6.57. The fourth-order valence-corrected chi connectivity index (χ4v) is 3.23. The van der Waals surface area contributed by atoms with Gasteiger partial charge in [-0.1, -0.05) is 6.07 Å². The lowest BCUT2D eigenvalue weighted by atomic mass is 10.1. The Bertz CT molecular complexity index is 1210. The van der Waals surface area contributed by atoms with Crippen molar-refractivity contribution in [2.45, 2.75) is 13.8 Å². The second kappa shape index (κ2) is 7.32. The smallest absolute Gasteiger partial charge is 0.282 e. The van der Waals surface area contributed by atoms with Crippen LogP contribution in [0.3, 0.4) is 0 Å². The molecule has 0 spiro atoms. The maximum Gasteiger partial charge on any atom is 0.282 e. The Balaban J connectivity index is 1.66. The highest BCUT2D eigenvalue weighted by Crippen LogP contribution is 2.25. The highest BCUT2D eigenvalue weighted by molar-refractivity contribution is 6.31. The first-order chi connectivity index (χ1) is 14.3. The molecule has 0 aliphatic carbocycles. The van der Waals surface area contributed by atoms with Crippen LogP contribution in [0.25, 0.3) is 11.8 Å². The Morgan fingerprint density at radius 3 is 2.33 bits per heavy atom. The van der Waals surface area contributed by atoms with Crippen LogP contribution in [0.15, 0.2) is 66.4 Å². The summed E-state index contributed by atoms with van der Waals surface area (Å²) in [4.78, 5) is 35.8. The first-order valence-electron chi connectivity index (χ1n) is 9.22. The molecule has 1 N–H and O–H groups in total. The molecular formula is C22H18N4O4. The topological polar surface area (TPSA) is 97.5 Å². The lowest BCUT2D eigenvalue weighted by Gasteiger charge is -2.16. The number of carbonyl (C=O) groups is 2. The van der Waals surface area contributed by atoms with Crippen molar-refractivity contribution in [1.82, 2.24) is 9.99 Å². The van der Waals surface area contributed by atoms with E-state index in [1.165, 1.54) is 23.2 Å². The summed E-state index contributed by atoms with van der Waals surface area (Å²) in [6.45, 7) is 3.91. The molecule has 2 aromatic carbocycles. The predicted octanol–water partition coefficient (Wildman–Crippen LogP) is 3.46. The van der Waals surface area contributed by atoms with Gasteiger partial charge in [0, 0.05) is 29.7 Å². The van der Waals surface area contributed by atoms with Gasteiger partial charge in [0.05, 0.1) is 10.6 Å². The van der Waals surface area contributed by atoms with E-state index in [4.69, 9.17) is 0 Å². The van der Waals surface area contributed by atoms with Crippen LogP contribution in [0.2, 0.25) is 0 Å². The van der Waals surface area contributed by atoms with E-state index in [9.17, 15) is 19.7 Å². The monoisotopic (exact) mass is 402 g/mol. The molecule has 8 nitrogen and oxygen atoms in total. The fraction of sp³-hybridized carbons (Fsp3) is 0.0909. The summed E-state index contributed by atoms with van der Waals surface area (Å²) >= 11 is 0. The van der Waals surface area contributed by atoms with Gasteiger partial charge >= 0.3 is 0 Å². The summed E-state index contributed by atoms with van der Waals surface area (Å²) in [6, 6.07) is 15.1. The number of aryl methyl sites for hydroxylation is 2. The molecule has 4 rings (SSSR count). The molecule has 8 heteroatoms. The third-order valence-corrected chi connectivity index (χ3v) is 5.05. The fourth-order valence-electron chi connectivity index (χ4n) is 3.23. The van der Waals surface area contributed by atoms with Gasteiger partial charge in [-0.05, 0) is 67.4 Å². The van der Waals surface area contributed by atoms with Crippen molar-refractivity contribution >= 4 is 29.3 Å². The highest BCUT2D eigenvalue weighted by Gasteiger charge is 2.34. The Hall–Kier alpha value is -4.20. The Kier molecular flexibility index (Phi) is 4.67. The van der Waals surface area contributed by atoms with Crippen LogP contribution in [-0.4, -0.2) is 21.3 Å². The zero-order chi connectivity index (χ0) is 21.4. The molecule has 150 valence electrons. The van der Waals surface area contributed by atoms with E-state index in [0.717, 1.165) is 11.1 Å². The first kappa shape index (κ1) is 19.1. The number of hydrogen-bond acceptors (Lipinski definition) is 4. The molecule has 2 heterocycles. The van der Waals surface area contributed by atoms with Crippen LogP contribution in [0, 0.1) is 24.0 Å². The third kappa shape index (κ3) is 3.35. The number of anilines is 1. The Labute approximate surface area is 172 Å². The number of aromatic nitrogens is 1. The number of carbonyl (C=O) groups excluding carboxylic acids is 2. The number of hydrogen-bond donors (Lipinski definition) is 1. The molecule has 0 radical (unpaired) electrons. The van der Waals surface area contributed by atoms with Crippen LogP contribution in [0.5, 0.6) is 0 Å². The van der Waals surface area contributed by atoms with Crippen molar-refractivity contribution in [3.05, 3.63) is 93.3 Å². The van der Waals surface area contributed by atoms with E-state index in [2.05, 4.69) is 5.43 Å². The van der Waals surface area contributed by atoms with Crippen molar-refractivity contribution in [1.29, 1.82) is 0 Å². The molecule has 2 amide bonds. The molecule has 0 bridgehead atoms. The number of rotatable bonds is 4. The minimum Gasteiger partial charge on any atom is -0.317 e. The second-order valence-corrected chi connectivity index (χ2v) is 6.98. The minimum atomic E-state index is -0.491. The standard InChI is InChI=1S/C22H18N4O4/c1-14-5-6-19(12-15(14)2)25-22(28)20(21(27)23-25)13-18-4-3-11-24(18)16-7-9-17(10-8-16)26(29)30/h3-13H,1-2H3,(H,23,27)/b20-13-. The SMILES string of the molecule is Cc1ccc(N2NC(=O)/C(=C/c3cccn3-c3ccc([N+](=O)[O-])cc3)C2=O)cc1C. The van der Waals surface area contributed by atoms with E-state index >= 15 is 0 Å². The summed E-state index contributed by atoms with van der Waals surface area (Å²) in [6.07, 6.45) is 3.27. The summed E-state index contributed by atoms with van der Waals surface area (Å²) in [5.74, 6) is -0.936. The number of nitro benzene ring substituents is 1. The highest BCUT2D eigenvalue weighted by atomic mass is 16.6. The molecule has 1 aliphatic rings. The molecule has 0 atom stereocenters. The van der Waals surface area contributed by atoms with E-state index < -0.39 is 16.7 Å². The van der Waals surface area contributed by atoms with Crippen molar-refractivity contribution in [2.24, 2.45) is 0 Å². The van der Waals surface area contributed by atoms with Gasteiger partial charge in [0.1, 0.15) is 5.57 Å². The van der Waals surface area contributed by atoms with Gasteiger partial charge in [0.2, 0.25) is 0 Å². The van der Waals surface area contributed by atoms with E-state index in [0.29, 0.717) is 17.1 Å². The van der Waals surface area contributed by atoms with Gasteiger partial charge in [-0.3, -0.25) is 25.1 Å². The Morgan fingerprint density at radius 1 is 0.967 bits per heavy atom. The van der Waals surface area contributed by atoms with E-state index in [1.807, 2.05) is 26.0 Å². The largest absolute Gasteiger partial charge is 0.317 e. The maximum atomic E-state index is 12.9. The molecule has 0 saturated carbocycles.